The van der Waals surface area contributed by atoms with Gasteiger partial charge in [-0.25, -0.2) is 4.79 Å². The number of hydrogen-bond acceptors (Lipinski definition) is 5. The van der Waals surface area contributed by atoms with E-state index < -0.39 is 24.3 Å². The van der Waals surface area contributed by atoms with Crippen LogP contribution in [-0.2, 0) is 19.1 Å². The normalized spacial score (nSPS) is 11.7. The molecule has 0 bridgehead atoms. The van der Waals surface area contributed by atoms with Crippen molar-refractivity contribution in [1.82, 2.24) is 0 Å². The highest BCUT2D eigenvalue weighted by Gasteiger charge is 2.21. The number of benzene rings is 1. The van der Waals surface area contributed by atoms with Gasteiger partial charge in [0.05, 0.1) is 19.4 Å². The number of unbranched alkanes of at least 4 members (excludes halogenated alkanes) is 3. The zero-order valence-electron chi connectivity index (χ0n) is 17.1. The summed E-state index contributed by atoms with van der Waals surface area (Å²) < 4.78 is 10.8. The standard InChI is InChI=1S/C22H30O7/c1-3-4-5-6-11-28-12-10-17(19(22(26)27)15-20(23)24)14-21(25)29-18-9-7-8-16(2)13-18/h7-9,13H,3-6,10-12,14-15H2,1-2H3,(H,23,24)(H,26,27). The fourth-order valence-electron chi connectivity index (χ4n) is 2.80. The van der Waals surface area contributed by atoms with Gasteiger partial charge in [0.2, 0.25) is 0 Å². The molecule has 0 aliphatic heterocycles. The van der Waals surface area contributed by atoms with Crippen LogP contribution in [0.25, 0.3) is 0 Å². The van der Waals surface area contributed by atoms with Gasteiger partial charge in [0.1, 0.15) is 5.75 Å². The molecule has 1 aromatic rings. The first-order valence-corrected chi connectivity index (χ1v) is 9.84. The molecule has 0 spiro atoms. The summed E-state index contributed by atoms with van der Waals surface area (Å²) in [7, 11) is 0. The minimum absolute atomic E-state index is 0.158. The largest absolute Gasteiger partial charge is 0.481 e. The van der Waals surface area contributed by atoms with Gasteiger partial charge in [-0.3, -0.25) is 9.59 Å². The summed E-state index contributed by atoms with van der Waals surface area (Å²) in [6, 6.07) is 6.92. The van der Waals surface area contributed by atoms with E-state index in [4.69, 9.17) is 14.6 Å². The molecule has 1 rings (SSSR count). The van der Waals surface area contributed by atoms with Crippen molar-refractivity contribution in [3.63, 3.8) is 0 Å². The number of aliphatic carboxylic acids is 2. The highest BCUT2D eigenvalue weighted by Crippen LogP contribution is 2.20. The summed E-state index contributed by atoms with van der Waals surface area (Å²) in [6.07, 6.45) is 3.39. The second-order valence-corrected chi connectivity index (χ2v) is 6.85. The Bertz CT molecular complexity index is 722. The first kappa shape index (κ1) is 24.4. The first-order valence-electron chi connectivity index (χ1n) is 9.84. The van der Waals surface area contributed by atoms with Crippen LogP contribution in [0.1, 0.15) is 57.4 Å². The molecule has 0 saturated heterocycles. The van der Waals surface area contributed by atoms with Gasteiger partial charge in [0, 0.05) is 12.2 Å². The number of carbonyl (C=O) groups is 3. The summed E-state index contributed by atoms with van der Waals surface area (Å²) in [4.78, 5) is 34.9. The summed E-state index contributed by atoms with van der Waals surface area (Å²) in [5.41, 5.74) is 0.832. The van der Waals surface area contributed by atoms with E-state index in [0.29, 0.717) is 12.4 Å². The Labute approximate surface area is 171 Å². The van der Waals surface area contributed by atoms with E-state index in [9.17, 15) is 19.5 Å². The number of carbonyl (C=O) groups excluding carboxylic acids is 1. The van der Waals surface area contributed by atoms with Gasteiger partial charge in [-0.15, -0.1) is 0 Å². The lowest BCUT2D eigenvalue weighted by atomic mass is 9.99. The van der Waals surface area contributed by atoms with Crippen LogP contribution in [0.4, 0.5) is 0 Å². The topological polar surface area (TPSA) is 110 Å². The molecule has 0 radical (unpaired) electrons. The van der Waals surface area contributed by atoms with Gasteiger partial charge < -0.3 is 19.7 Å². The first-order chi connectivity index (χ1) is 13.8. The van der Waals surface area contributed by atoms with Crippen LogP contribution in [0.3, 0.4) is 0 Å². The monoisotopic (exact) mass is 406 g/mol. The molecule has 7 heteroatoms. The third-order valence-corrected chi connectivity index (χ3v) is 4.28. The van der Waals surface area contributed by atoms with Crippen molar-refractivity contribution in [2.45, 2.75) is 58.8 Å². The van der Waals surface area contributed by atoms with Crippen molar-refractivity contribution >= 4 is 17.9 Å². The van der Waals surface area contributed by atoms with E-state index in [1.165, 1.54) is 0 Å². The van der Waals surface area contributed by atoms with E-state index in [1.54, 1.807) is 18.2 Å². The zero-order chi connectivity index (χ0) is 21.6. The van der Waals surface area contributed by atoms with E-state index in [2.05, 4.69) is 6.92 Å². The molecule has 0 aliphatic rings. The van der Waals surface area contributed by atoms with Crippen LogP contribution in [-0.4, -0.2) is 41.3 Å². The maximum Gasteiger partial charge on any atom is 0.332 e. The van der Waals surface area contributed by atoms with Crippen molar-refractivity contribution in [3.8, 4) is 5.75 Å². The molecule has 0 aliphatic carbocycles. The summed E-state index contributed by atoms with van der Waals surface area (Å²) >= 11 is 0. The highest BCUT2D eigenvalue weighted by atomic mass is 16.5. The van der Waals surface area contributed by atoms with Crippen LogP contribution in [0, 0.1) is 6.92 Å². The van der Waals surface area contributed by atoms with E-state index in [-0.39, 0.29) is 30.6 Å². The molecule has 0 heterocycles. The van der Waals surface area contributed by atoms with Crippen molar-refractivity contribution in [1.29, 1.82) is 0 Å². The Kier molecular flexibility index (Phi) is 11.3. The third kappa shape index (κ3) is 10.4. The second-order valence-electron chi connectivity index (χ2n) is 6.85. The summed E-state index contributed by atoms with van der Waals surface area (Å²) in [5.74, 6) is -2.91. The predicted octanol–water partition coefficient (Wildman–Crippen LogP) is 4.13. The number of aryl methyl sites for hydroxylation is 1. The lowest BCUT2D eigenvalue weighted by Crippen LogP contribution is -2.16. The number of carboxylic acids is 2. The quantitative estimate of drug-likeness (QED) is 0.207. The van der Waals surface area contributed by atoms with E-state index in [1.807, 2.05) is 13.0 Å². The average Bonchev–Trinajstić information content (AvgIpc) is 2.64. The van der Waals surface area contributed by atoms with Crippen molar-refractivity contribution in [2.75, 3.05) is 13.2 Å². The Morgan fingerprint density at radius 3 is 2.38 bits per heavy atom. The Morgan fingerprint density at radius 1 is 1.00 bits per heavy atom. The maximum atomic E-state index is 12.3. The zero-order valence-corrected chi connectivity index (χ0v) is 17.1. The lowest BCUT2D eigenvalue weighted by molar-refractivity contribution is -0.140. The SMILES string of the molecule is CCCCCCOCCC(CC(=O)Oc1cccc(C)c1)=C(CC(=O)O)C(=O)O. The molecule has 0 fully saturated rings. The van der Waals surface area contributed by atoms with Gasteiger partial charge in [-0.1, -0.05) is 38.3 Å². The van der Waals surface area contributed by atoms with Crippen LogP contribution in [0.5, 0.6) is 5.75 Å². The van der Waals surface area contributed by atoms with Gasteiger partial charge in [-0.2, -0.15) is 0 Å². The van der Waals surface area contributed by atoms with Crippen LogP contribution >= 0.6 is 0 Å². The molecule has 29 heavy (non-hydrogen) atoms. The number of rotatable bonds is 14. The smallest absolute Gasteiger partial charge is 0.332 e. The molecule has 160 valence electrons. The van der Waals surface area contributed by atoms with Crippen LogP contribution in [0.15, 0.2) is 35.4 Å². The third-order valence-electron chi connectivity index (χ3n) is 4.28. The molecular weight excluding hydrogens is 376 g/mol. The van der Waals surface area contributed by atoms with Gasteiger partial charge >= 0.3 is 17.9 Å². The molecule has 1 aromatic carbocycles. The summed E-state index contributed by atoms with van der Waals surface area (Å²) in [6.45, 7) is 4.73. The fourth-order valence-corrected chi connectivity index (χ4v) is 2.80. The average molecular weight is 406 g/mol. The molecule has 0 aromatic heterocycles. The Morgan fingerprint density at radius 2 is 1.76 bits per heavy atom. The highest BCUT2D eigenvalue weighted by molar-refractivity contribution is 5.94. The van der Waals surface area contributed by atoms with Gasteiger partial charge in [0.25, 0.3) is 0 Å². The Balaban J connectivity index is 2.79. The minimum Gasteiger partial charge on any atom is -0.481 e. The molecule has 2 N–H and O–H groups in total. The molecule has 0 saturated carbocycles. The molecular formula is C22H30O7. The van der Waals surface area contributed by atoms with Crippen molar-refractivity contribution in [3.05, 3.63) is 41.0 Å². The molecule has 0 atom stereocenters. The van der Waals surface area contributed by atoms with Crippen LogP contribution in [0.2, 0.25) is 0 Å². The van der Waals surface area contributed by atoms with Crippen molar-refractivity contribution in [2.24, 2.45) is 0 Å². The van der Waals surface area contributed by atoms with Crippen LogP contribution < -0.4 is 4.74 Å². The predicted molar refractivity (Wildman–Crippen MR) is 108 cm³/mol. The lowest BCUT2D eigenvalue weighted by Gasteiger charge is -2.12. The number of hydrogen-bond donors (Lipinski definition) is 2. The minimum atomic E-state index is -1.35. The maximum absolute atomic E-state index is 12.3. The van der Waals surface area contributed by atoms with Gasteiger partial charge in [-0.05, 0) is 43.0 Å². The fraction of sp³-hybridized carbons (Fsp3) is 0.500. The summed E-state index contributed by atoms with van der Waals surface area (Å²) in [5, 5.41) is 18.4. The second kappa shape index (κ2) is 13.5. The van der Waals surface area contributed by atoms with E-state index >= 15 is 0 Å². The number of carboxylic acid groups (broad SMARTS) is 2. The molecule has 0 amide bonds. The molecule has 0 unspecified atom stereocenters. The Hall–Kier alpha value is -2.67. The number of ether oxygens (including phenoxy) is 2. The van der Waals surface area contributed by atoms with Crippen molar-refractivity contribution < 1.29 is 34.1 Å². The number of esters is 1. The van der Waals surface area contributed by atoms with E-state index in [0.717, 1.165) is 31.2 Å². The van der Waals surface area contributed by atoms with Gasteiger partial charge in [0.15, 0.2) is 0 Å². The molecule has 7 nitrogen and oxygen atoms in total.